The maximum Gasteiger partial charge on any atom is 0.335 e. The molecule has 0 aliphatic rings. The zero-order chi connectivity index (χ0) is 18.3. The van der Waals surface area contributed by atoms with Crippen LogP contribution in [0.5, 0.6) is 0 Å². The summed E-state index contributed by atoms with van der Waals surface area (Å²) in [5, 5.41) is 19.7. The van der Waals surface area contributed by atoms with Crippen molar-refractivity contribution in [2.45, 2.75) is 24.8 Å². The Morgan fingerprint density at radius 2 is 1.85 bits per heavy atom. The molecule has 1 N–H and O–H groups in total. The minimum Gasteiger partial charge on any atom is -0.478 e. The van der Waals surface area contributed by atoms with Crippen LogP contribution in [0.3, 0.4) is 0 Å². The molecule has 0 aliphatic heterocycles. The van der Waals surface area contributed by atoms with Crippen molar-refractivity contribution in [2.24, 2.45) is 0 Å². The second kappa shape index (κ2) is 6.46. The van der Waals surface area contributed by atoms with Crippen LogP contribution >= 0.6 is 11.8 Å². The summed E-state index contributed by atoms with van der Waals surface area (Å²) in [6, 6.07) is 15.5. The number of aromatic nitrogens is 3. The third kappa shape index (κ3) is 2.93. The highest BCUT2D eigenvalue weighted by molar-refractivity contribution is 7.98. The molecule has 0 saturated heterocycles. The second-order valence-electron chi connectivity index (χ2n) is 6.32. The monoisotopic (exact) mass is 363 g/mol. The summed E-state index contributed by atoms with van der Waals surface area (Å²) in [6.07, 6.45) is 0. The molecule has 2 aromatic heterocycles. The highest BCUT2D eigenvalue weighted by Gasteiger charge is 2.13. The van der Waals surface area contributed by atoms with Crippen LogP contribution in [-0.4, -0.2) is 25.7 Å². The van der Waals surface area contributed by atoms with E-state index in [-0.39, 0.29) is 0 Å². The standard InChI is InChI=1S/C20H17N3O2S/c1-12-3-6-16-10-13(2)18-21-22-20(23(18)17(16)9-12)26-11-14-4-7-15(8-5-14)19(24)25/h3-10H,11H2,1-2H3,(H,24,25). The molecule has 0 aliphatic carbocycles. The van der Waals surface area contributed by atoms with E-state index >= 15 is 0 Å². The Labute approximate surface area is 154 Å². The highest BCUT2D eigenvalue weighted by atomic mass is 32.2. The number of pyridine rings is 1. The molecular weight excluding hydrogens is 346 g/mol. The third-order valence-corrected chi connectivity index (χ3v) is 5.35. The lowest BCUT2D eigenvalue weighted by Crippen LogP contribution is -1.96. The van der Waals surface area contributed by atoms with Gasteiger partial charge in [0, 0.05) is 5.75 Å². The molecule has 2 aromatic carbocycles. The van der Waals surface area contributed by atoms with Gasteiger partial charge in [0.05, 0.1) is 11.1 Å². The van der Waals surface area contributed by atoms with E-state index in [4.69, 9.17) is 5.11 Å². The van der Waals surface area contributed by atoms with Gasteiger partial charge >= 0.3 is 5.97 Å². The molecule has 4 aromatic rings. The zero-order valence-corrected chi connectivity index (χ0v) is 15.2. The fraction of sp³-hybridized carbons (Fsp3) is 0.150. The van der Waals surface area contributed by atoms with Crippen LogP contribution in [0.25, 0.3) is 16.6 Å². The summed E-state index contributed by atoms with van der Waals surface area (Å²) < 4.78 is 2.11. The summed E-state index contributed by atoms with van der Waals surface area (Å²) >= 11 is 1.60. The number of aromatic carboxylic acids is 1. The number of hydrogen-bond acceptors (Lipinski definition) is 4. The van der Waals surface area contributed by atoms with Crippen molar-refractivity contribution < 1.29 is 9.90 Å². The van der Waals surface area contributed by atoms with Crippen molar-refractivity contribution in [1.82, 2.24) is 14.6 Å². The van der Waals surface area contributed by atoms with Gasteiger partial charge < -0.3 is 5.11 Å². The Bertz CT molecular complexity index is 1130. The Morgan fingerprint density at radius 3 is 2.58 bits per heavy atom. The van der Waals surface area contributed by atoms with Gasteiger partial charge in [-0.15, -0.1) is 10.2 Å². The number of benzene rings is 2. The first kappa shape index (κ1) is 16.6. The molecule has 0 radical (unpaired) electrons. The van der Waals surface area contributed by atoms with Gasteiger partial charge in [-0.1, -0.05) is 36.0 Å². The molecule has 130 valence electrons. The first-order chi connectivity index (χ1) is 12.5. The molecule has 0 bridgehead atoms. The van der Waals surface area contributed by atoms with Gasteiger partial charge in [-0.3, -0.25) is 4.40 Å². The van der Waals surface area contributed by atoms with Crippen LogP contribution in [0.15, 0.2) is 53.7 Å². The average molecular weight is 363 g/mol. The summed E-state index contributed by atoms with van der Waals surface area (Å²) in [5.41, 5.74) is 5.59. The van der Waals surface area contributed by atoms with Gasteiger partial charge in [-0.05, 0) is 60.2 Å². The molecule has 0 fully saturated rings. The van der Waals surface area contributed by atoms with Gasteiger partial charge in [-0.25, -0.2) is 4.79 Å². The van der Waals surface area contributed by atoms with E-state index < -0.39 is 5.97 Å². The number of hydrogen-bond donors (Lipinski definition) is 1. The van der Waals surface area contributed by atoms with E-state index in [0.717, 1.165) is 32.8 Å². The number of nitrogens with zero attached hydrogens (tertiary/aromatic N) is 3. The molecule has 2 heterocycles. The van der Waals surface area contributed by atoms with Crippen molar-refractivity contribution in [3.05, 3.63) is 70.8 Å². The lowest BCUT2D eigenvalue weighted by molar-refractivity contribution is 0.0697. The molecule has 0 amide bonds. The predicted molar refractivity (Wildman–Crippen MR) is 103 cm³/mol. The van der Waals surface area contributed by atoms with E-state index in [1.807, 2.05) is 19.1 Å². The molecule has 0 spiro atoms. The quantitative estimate of drug-likeness (QED) is 0.541. The Morgan fingerprint density at radius 1 is 1.08 bits per heavy atom. The van der Waals surface area contributed by atoms with E-state index in [0.29, 0.717) is 11.3 Å². The average Bonchev–Trinajstić information content (AvgIpc) is 3.06. The summed E-state index contributed by atoms with van der Waals surface area (Å²) in [6.45, 7) is 4.12. The number of carboxylic acids is 1. The minimum absolute atomic E-state index is 0.295. The largest absolute Gasteiger partial charge is 0.478 e. The molecule has 0 saturated carbocycles. The van der Waals surface area contributed by atoms with E-state index in [2.05, 4.69) is 45.8 Å². The van der Waals surface area contributed by atoms with Gasteiger partial charge in [-0.2, -0.15) is 0 Å². The second-order valence-corrected chi connectivity index (χ2v) is 7.26. The molecule has 0 atom stereocenters. The number of carboxylic acid groups (broad SMARTS) is 1. The molecule has 26 heavy (non-hydrogen) atoms. The van der Waals surface area contributed by atoms with Crippen LogP contribution in [-0.2, 0) is 5.75 Å². The Kier molecular flexibility index (Phi) is 4.12. The first-order valence-corrected chi connectivity index (χ1v) is 9.21. The Hall–Kier alpha value is -2.86. The van der Waals surface area contributed by atoms with Crippen molar-refractivity contribution in [2.75, 3.05) is 0 Å². The van der Waals surface area contributed by atoms with Gasteiger partial charge in [0.25, 0.3) is 0 Å². The maximum absolute atomic E-state index is 11.0. The molecular formula is C20H17N3O2S. The number of carbonyl (C=O) groups is 1. The third-order valence-electron chi connectivity index (χ3n) is 4.35. The van der Waals surface area contributed by atoms with Gasteiger partial charge in [0.1, 0.15) is 0 Å². The minimum atomic E-state index is -0.912. The van der Waals surface area contributed by atoms with E-state index in [1.165, 1.54) is 5.56 Å². The highest BCUT2D eigenvalue weighted by Crippen LogP contribution is 2.28. The number of thioether (sulfide) groups is 1. The first-order valence-electron chi connectivity index (χ1n) is 8.23. The normalized spacial score (nSPS) is 11.3. The summed E-state index contributed by atoms with van der Waals surface area (Å²) in [4.78, 5) is 11.0. The molecule has 5 nitrogen and oxygen atoms in total. The fourth-order valence-electron chi connectivity index (χ4n) is 2.99. The summed E-state index contributed by atoms with van der Waals surface area (Å²) in [7, 11) is 0. The van der Waals surface area contributed by atoms with Crippen LogP contribution in [0, 0.1) is 13.8 Å². The van der Waals surface area contributed by atoms with Crippen LogP contribution < -0.4 is 0 Å². The summed E-state index contributed by atoms with van der Waals surface area (Å²) in [5.74, 6) is -0.216. The lowest BCUT2D eigenvalue weighted by atomic mass is 10.1. The maximum atomic E-state index is 11.0. The molecule has 4 rings (SSSR count). The number of rotatable bonds is 4. The van der Waals surface area contributed by atoms with E-state index in [9.17, 15) is 4.79 Å². The van der Waals surface area contributed by atoms with Crippen molar-refractivity contribution in [3.8, 4) is 0 Å². The van der Waals surface area contributed by atoms with Crippen LogP contribution in [0.4, 0.5) is 0 Å². The molecule has 0 unspecified atom stereocenters. The van der Waals surface area contributed by atoms with Crippen molar-refractivity contribution in [3.63, 3.8) is 0 Å². The fourth-order valence-corrected chi connectivity index (χ4v) is 3.90. The lowest BCUT2D eigenvalue weighted by Gasteiger charge is -2.08. The SMILES string of the molecule is Cc1ccc2cc(C)c3nnc(SCc4ccc(C(=O)O)cc4)n3c2c1. The topological polar surface area (TPSA) is 67.5 Å². The smallest absolute Gasteiger partial charge is 0.335 e. The van der Waals surface area contributed by atoms with E-state index in [1.54, 1.807) is 23.9 Å². The van der Waals surface area contributed by atoms with Gasteiger partial charge in [0.15, 0.2) is 10.8 Å². The van der Waals surface area contributed by atoms with Crippen LogP contribution in [0.1, 0.15) is 27.0 Å². The van der Waals surface area contributed by atoms with Crippen LogP contribution in [0.2, 0.25) is 0 Å². The van der Waals surface area contributed by atoms with Crippen molar-refractivity contribution in [1.29, 1.82) is 0 Å². The number of aryl methyl sites for hydroxylation is 2. The molecule has 6 heteroatoms. The zero-order valence-electron chi connectivity index (χ0n) is 14.4. The van der Waals surface area contributed by atoms with Gasteiger partial charge in [0.2, 0.25) is 0 Å². The van der Waals surface area contributed by atoms with Crippen molar-refractivity contribution >= 4 is 34.3 Å². The predicted octanol–water partition coefficient (Wildman–Crippen LogP) is 4.49. The number of fused-ring (bicyclic) bond motifs is 3. The Balaban J connectivity index is 1.71.